The van der Waals surface area contributed by atoms with Gasteiger partial charge in [-0.05, 0) is 6.92 Å². The molecule has 94 valence electrons. The predicted octanol–water partition coefficient (Wildman–Crippen LogP) is 0.224. The quantitative estimate of drug-likeness (QED) is 0.789. The Hall–Kier alpha value is -1.03. The van der Waals surface area contributed by atoms with Crippen molar-refractivity contribution in [2.45, 2.75) is 19.1 Å². The lowest BCUT2D eigenvalue weighted by Gasteiger charge is -2.20. The van der Waals surface area contributed by atoms with Crippen LogP contribution in [-0.4, -0.2) is 44.2 Å². The minimum Gasteiger partial charge on any atom is -0.447 e. The van der Waals surface area contributed by atoms with Crippen molar-refractivity contribution in [3.63, 3.8) is 0 Å². The van der Waals surface area contributed by atoms with E-state index in [1.807, 2.05) is 0 Å². The Morgan fingerprint density at radius 2 is 2.06 bits per heavy atom. The van der Waals surface area contributed by atoms with E-state index in [1.165, 1.54) is 4.72 Å². The van der Waals surface area contributed by atoms with E-state index in [0.717, 1.165) is 0 Å². The minimum absolute atomic E-state index is 0.167. The van der Waals surface area contributed by atoms with Crippen LogP contribution in [0.5, 0.6) is 0 Å². The molecule has 0 aliphatic carbocycles. The van der Waals surface area contributed by atoms with Gasteiger partial charge in [-0.25, -0.2) is 4.79 Å². The monoisotopic (exact) mass is 262 g/mol. The maximum atomic E-state index is 12.1. The lowest BCUT2D eigenvalue weighted by molar-refractivity contribution is -0.147. The molecule has 0 aromatic heterocycles. The summed E-state index contributed by atoms with van der Waals surface area (Å²) in [6.45, 7) is 0.178. The Bertz CT molecular complexity index is 380. The van der Waals surface area contributed by atoms with Gasteiger partial charge in [0, 0.05) is 0 Å². The van der Waals surface area contributed by atoms with Crippen LogP contribution in [0.2, 0.25) is 0 Å². The third-order valence-electron chi connectivity index (χ3n) is 1.83. The maximum Gasteiger partial charge on any atom is 0.424 e. The summed E-state index contributed by atoms with van der Waals surface area (Å²) in [5.74, 6) is 0. The lowest BCUT2D eigenvalue weighted by Crippen LogP contribution is -2.49. The van der Waals surface area contributed by atoms with E-state index < -0.39 is 28.5 Å². The van der Waals surface area contributed by atoms with Crippen molar-refractivity contribution in [3.05, 3.63) is 0 Å². The van der Waals surface area contributed by atoms with Crippen LogP contribution in [0.3, 0.4) is 0 Å². The second-order valence-corrected chi connectivity index (χ2v) is 4.70. The highest BCUT2D eigenvalue weighted by molar-refractivity contribution is 7.87. The molecule has 1 fully saturated rings. The van der Waals surface area contributed by atoms with Gasteiger partial charge in [-0.15, -0.1) is 0 Å². The molecular weight excluding hydrogens is 253 g/mol. The Kier molecular flexibility index (Phi) is 3.33. The first kappa shape index (κ1) is 13.0. The zero-order chi connectivity index (χ0) is 12.6. The second kappa shape index (κ2) is 4.09. The number of halogens is 3. The van der Waals surface area contributed by atoms with E-state index in [1.54, 1.807) is 0 Å². The van der Waals surface area contributed by atoms with Gasteiger partial charge in [0.15, 0.2) is 0 Å². The van der Waals surface area contributed by atoms with Crippen molar-refractivity contribution in [3.8, 4) is 0 Å². The van der Waals surface area contributed by atoms with E-state index in [4.69, 9.17) is 0 Å². The second-order valence-electron chi connectivity index (χ2n) is 3.07. The number of alkyl halides is 3. The summed E-state index contributed by atoms with van der Waals surface area (Å²) in [4.78, 5) is 10.9. The van der Waals surface area contributed by atoms with Crippen LogP contribution in [0.4, 0.5) is 18.0 Å². The third-order valence-corrected chi connectivity index (χ3v) is 3.39. The van der Waals surface area contributed by atoms with Gasteiger partial charge in [0.05, 0.1) is 6.54 Å². The first-order valence-electron chi connectivity index (χ1n) is 4.18. The molecule has 0 unspecified atom stereocenters. The van der Waals surface area contributed by atoms with Crippen LogP contribution in [0.25, 0.3) is 0 Å². The van der Waals surface area contributed by atoms with Crippen molar-refractivity contribution < 1.29 is 31.1 Å². The number of carbonyl (C=O) groups is 1. The summed E-state index contributed by atoms with van der Waals surface area (Å²) in [5.41, 5.74) is 0. The average molecular weight is 262 g/mol. The topological polar surface area (TPSA) is 75.7 Å². The number of nitrogens with zero attached hydrogens (tertiary/aromatic N) is 1. The highest BCUT2D eigenvalue weighted by Crippen LogP contribution is 2.21. The summed E-state index contributed by atoms with van der Waals surface area (Å²) in [7, 11) is -4.50. The van der Waals surface area contributed by atoms with Crippen molar-refractivity contribution in [1.29, 1.82) is 0 Å². The molecule has 6 nitrogen and oxygen atoms in total. The van der Waals surface area contributed by atoms with Gasteiger partial charge in [-0.3, -0.25) is 0 Å². The van der Waals surface area contributed by atoms with Gasteiger partial charge in [0.25, 0.3) is 0 Å². The highest BCUT2D eigenvalue weighted by Gasteiger charge is 2.42. The number of cyclic esters (lactones) is 1. The largest absolute Gasteiger partial charge is 0.447 e. The van der Waals surface area contributed by atoms with Crippen LogP contribution in [-0.2, 0) is 14.9 Å². The van der Waals surface area contributed by atoms with Crippen molar-refractivity contribution in [1.82, 2.24) is 9.03 Å². The fourth-order valence-corrected chi connectivity index (χ4v) is 2.22. The van der Waals surface area contributed by atoms with Crippen LogP contribution >= 0.6 is 0 Å². The number of hydrogen-bond donors (Lipinski definition) is 1. The zero-order valence-electron chi connectivity index (χ0n) is 8.11. The molecule has 0 saturated carbocycles. The molecule has 0 bridgehead atoms. The SMILES string of the molecule is C[C@@H](NS(=O)(=O)N1CCOC1=O)C(F)(F)F. The first-order chi connectivity index (χ1) is 7.14. The van der Waals surface area contributed by atoms with Crippen molar-refractivity contribution >= 4 is 16.3 Å². The summed E-state index contributed by atoms with van der Waals surface area (Å²) < 4.78 is 64.8. The fourth-order valence-electron chi connectivity index (χ4n) is 0.951. The van der Waals surface area contributed by atoms with Crippen LogP contribution in [0.1, 0.15) is 6.92 Å². The first-order valence-corrected chi connectivity index (χ1v) is 5.62. The summed E-state index contributed by atoms with van der Waals surface area (Å²) in [6.07, 6.45) is -5.89. The van der Waals surface area contributed by atoms with Gasteiger partial charge in [0.1, 0.15) is 12.6 Å². The number of amides is 1. The lowest BCUT2D eigenvalue weighted by atomic mass is 10.4. The molecule has 1 aliphatic rings. The molecule has 1 atom stereocenters. The Labute approximate surface area is 89.5 Å². The van der Waals surface area contributed by atoms with E-state index in [-0.39, 0.29) is 17.5 Å². The molecule has 10 heteroatoms. The molecule has 16 heavy (non-hydrogen) atoms. The molecule has 0 aromatic carbocycles. The minimum atomic E-state index is -4.71. The highest BCUT2D eigenvalue weighted by atomic mass is 32.2. The Morgan fingerprint density at radius 1 is 1.50 bits per heavy atom. The normalized spacial score (nSPS) is 19.8. The number of nitrogens with one attached hydrogen (secondary N) is 1. The Morgan fingerprint density at radius 3 is 2.44 bits per heavy atom. The predicted molar refractivity (Wildman–Crippen MR) is 45.6 cm³/mol. The fraction of sp³-hybridized carbons (Fsp3) is 0.833. The average Bonchev–Trinajstić information content (AvgIpc) is 2.49. The number of ether oxygens (including phenoxy) is 1. The molecule has 1 aliphatic heterocycles. The molecule has 0 spiro atoms. The molecule has 0 aromatic rings. The van der Waals surface area contributed by atoms with Gasteiger partial charge in [0.2, 0.25) is 0 Å². The standard InChI is InChI=1S/C6H9F3N2O4S/c1-4(6(7,8)9)10-16(13,14)11-2-3-15-5(11)12/h4,10H,2-3H2,1H3/t4-/m1/s1. The van der Waals surface area contributed by atoms with Gasteiger partial charge in [-0.2, -0.15) is 30.6 Å². The molecule has 1 saturated heterocycles. The van der Waals surface area contributed by atoms with Gasteiger partial charge >= 0.3 is 22.5 Å². The van der Waals surface area contributed by atoms with Crippen LogP contribution < -0.4 is 4.72 Å². The number of rotatable bonds is 3. The number of hydrogen-bond acceptors (Lipinski definition) is 4. The summed E-state index contributed by atoms with van der Waals surface area (Å²) >= 11 is 0. The van der Waals surface area contributed by atoms with Crippen molar-refractivity contribution in [2.75, 3.05) is 13.2 Å². The molecule has 1 N–H and O–H groups in total. The molecule has 0 radical (unpaired) electrons. The van der Waals surface area contributed by atoms with Crippen molar-refractivity contribution in [2.24, 2.45) is 0 Å². The summed E-state index contributed by atoms with van der Waals surface area (Å²) in [6, 6.07) is -2.27. The van der Waals surface area contributed by atoms with E-state index in [9.17, 15) is 26.4 Å². The van der Waals surface area contributed by atoms with Gasteiger partial charge in [-0.1, -0.05) is 0 Å². The third kappa shape index (κ3) is 2.76. The molecule has 1 heterocycles. The van der Waals surface area contributed by atoms with Gasteiger partial charge < -0.3 is 4.74 Å². The molecular formula is C6H9F3N2O4S. The summed E-state index contributed by atoms with van der Waals surface area (Å²) in [5, 5.41) is 0. The van der Waals surface area contributed by atoms with E-state index in [2.05, 4.69) is 4.74 Å². The molecule has 1 rings (SSSR count). The smallest absolute Gasteiger partial charge is 0.424 e. The Balaban J connectivity index is 2.76. The van der Waals surface area contributed by atoms with Crippen LogP contribution in [0, 0.1) is 0 Å². The molecule has 1 amide bonds. The van der Waals surface area contributed by atoms with Crippen LogP contribution in [0.15, 0.2) is 0 Å². The van der Waals surface area contributed by atoms with E-state index >= 15 is 0 Å². The van der Waals surface area contributed by atoms with E-state index in [0.29, 0.717) is 6.92 Å². The maximum absolute atomic E-state index is 12.1. The number of carbonyl (C=O) groups excluding carboxylic acids is 1. The zero-order valence-corrected chi connectivity index (χ0v) is 8.93.